The van der Waals surface area contributed by atoms with E-state index in [2.05, 4.69) is 10.3 Å². The van der Waals surface area contributed by atoms with Gasteiger partial charge in [-0.05, 0) is 18.6 Å². The van der Waals surface area contributed by atoms with E-state index in [4.69, 9.17) is 5.73 Å². The minimum atomic E-state index is -0.463. The first-order chi connectivity index (χ1) is 9.61. The lowest BCUT2D eigenvalue weighted by Gasteiger charge is -2.00. The summed E-state index contributed by atoms with van der Waals surface area (Å²) in [4.78, 5) is 27.1. The lowest BCUT2D eigenvalue weighted by atomic mass is 10.1. The number of amides is 2. The van der Waals surface area contributed by atoms with Gasteiger partial charge in [-0.3, -0.25) is 9.59 Å². The van der Waals surface area contributed by atoms with Gasteiger partial charge in [0.25, 0.3) is 5.91 Å². The maximum absolute atomic E-state index is 11.8. The maximum Gasteiger partial charge on any atom is 0.270 e. The Morgan fingerprint density at radius 1 is 1.30 bits per heavy atom. The largest absolute Gasteiger partial charge is 0.366 e. The van der Waals surface area contributed by atoms with E-state index in [1.165, 1.54) is 11.3 Å². The Balaban J connectivity index is 2.16. The Labute approximate surface area is 120 Å². The number of carbonyl (C=O) groups excluding carboxylic acids is 2. The summed E-state index contributed by atoms with van der Waals surface area (Å²) in [6, 6.07) is 6.84. The van der Waals surface area contributed by atoms with Crippen molar-refractivity contribution in [1.29, 1.82) is 0 Å². The molecule has 0 saturated heterocycles. The van der Waals surface area contributed by atoms with E-state index < -0.39 is 5.91 Å². The molecule has 0 aliphatic rings. The molecule has 0 aliphatic heterocycles. The first kappa shape index (κ1) is 14.2. The Bertz CT molecular complexity index is 620. The average Bonchev–Trinajstić information content (AvgIpc) is 2.94. The van der Waals surface area contributed by atoms with Crippen LogP contribution in [0.25, 0.3) is 10.6 Å². The quantitative estimate of drug-likeness (QED) is 0.883. The van der Waals surface area contributed by atoms with Gasteiger partial charge in [0.1, 0.15) is 10.7 Å². The van der Waals surface area contributed by atoms with Crippen LogP contribution in [0.1, 0.15) is 34.2 Å². The predicted molar refractivity (Wildman–Crippen MR) is 78.7 cm³/mol. The second-order valence-electron chi connectivity index (χ2n) is 4.24. The zero-order chi connectivity index (χ0) is 14.5. The number of nitrogens with one attached hydrogen (secondary N) is 1. The molecule has 2 amide bonds. The topological polar surface area (TPSA) is 85.1 Å². The molecule has 2 aromatic rings. The van der Waals surface area contributed by atoms with Crippen LogP contribution in [-0.4, -0.2) is 23.3 Å². The molecule has 0 spiro atoms. The molecule has 2 rings (SSSR count). The molecule has 0 unspecified atom stereocenters. The molecule has 104 valence electrons. The van der Waals surface area contributed by atoms with Crippen LogP contribution in [0.5, 0.6) is 0 Å². The van der Waals surface area contributed by atoms with Gasteiger partial charge in [0.05, 0.1) is 0 Å². The fourth-order valence-electron chi connectivity index (χ4n) is 1.62. The molecule has 0 bridgehead atoms. The smallest absolute Gasteiger partial charge is 0.270 e. The first-order valence-corrected chi connectivity index (χ1v) is 7.13. The van der Waals surface area contributed by atoms with Gasteiger partial charge in [-0.25, -0.2) is 4.98 Å². The summed E-state index contributed by atoms with van der Waals surface area (Å²) < 4.78 is 0. The highest BCUT2D eigenvalue weighted by atomic mass is 32.1. The molecule has 0 aliphatic carbocycles. The minimum Gasteiger partial charge on any atom is -0.366 e. The van der Waals surface area contributed by atoms with E-state index in [1.807, 2.05) is 6.92 Å². The van der Waals surface area contributed by atoms with Crippen LogP contribution in [0.15, 0.2) is 29.6 Å². The zero-order valence-electron chi connectivity index (χ0n) is 11.1. The Hall–Kier alpha value is -2.21. The minimum absolute atomic E-state index is 0.164. The van der Waals surface area contributed by atoms with Crippen molar-refractivity contribution in [2.75, 3.05) is 6.54 Å². The number of benzene rings is 1. The summed E-state index contributed by atoms with van der Waals surface area (Å²) >= 11 is 1.39. The summed E-state index contributed by atoms with van der Waals surface area (Å²) in [7, 11) is 0. The fourth-order valence-corrected chi connectivity index (χ4v) is 2.42. The molecular weight excluding hydrogens is 274 g/mol. The van der Waals surface area contributed by atoms with Crippen molar-refractivity contribution in [2.45, 2.75) is 13.3 Å². The van der Waals surface area contributed by atoms with Crippen molar-refractivity contribution in [2.24, 2.45) is 5.73 Å². The molecule has 0 saturated carbocycles. The predicted octanol–water partition coefficient (Wildman–Crippen LogP) is 2.05. The monoisotopic (exact) mass is 289 g/mol. The van der Waals surface area contributed by atoms with Crippen LogP contribution < -0.4 is 11.1 Å². The number of thiazole rings is 1. The molecule has 0 radical (unpaired) electrons. The Morgan fingerprint density at radius 3 is 2.60 bits per heavy atom. The normalized spacial score (nSPS) is 10.2. The number of primary amides is 1. The van der Waals surface area contributed by atoms with E-state index in [9.17, 15) is 9.59 Å². The van der Waals surface area contributed by atoms with E-state index >= 15 is 0 Å². The molecule has 1 heterocycles. The number of rotatable bonds is 5. The van der Waals surface area contributed by atoms with Gasteiger partial charge in [0, 0.05) is 23.1 Å². The van der Waals surface area contributed by atoms with Crippen LogP contribution in [0.3, 0.4) is 0 Å². The number of carbonyl (C=O) groups is 2. The van der Waals surface area contributed by atoms with E-state index in [0.717, 1.165) is 17.0 Å². The van der Waals surface area contributed by atoms with Crippen molar-refractivity contribution < 1.29 is 9.59 Å². The van der Waals surface area contributed by atoms with E-state index in [-0.39, 0.29) is 5.91 Å². The van der Waals surface area contributed by atoms with Gasteiger partial charge in [-0.1, -0.05) is 19.1 Å². The highest BCUT2D eigenvalue weighted by Crippen LogP contribution is 2.24. The summed E-state index contributed by atoms with van der Waals surface area (Å²) in [6.45, 7) is 2.63. The summed E-state index contributed by atoms with van der Waals surface area (Å²) in [5.41, 5.74) is 6.91. The number of hydrogen-bond acceptors (Lipinski definition) is 4. The molecule has 1 aromatic carbocycles. The number of nitrogens with zero attached hydrogens (tertiary/aromatic N) is 1. The van der Waals surface area contributed by atoms with Crippen molar-refractivity contribution >= 4 is 23.2 Å². The van der Waals surface area contributed by atoms with Crippen molar-refractivity contribution in [1.82, 2.24) is 10.3 Å². The number of hydrogen-bond donors (Lipinski definition) is 2. The maximum atomic E-state index is 11.8. The first-order valence-electron chi connectivity index (χ1n) is 6.25. The molecule has 0 fully saturated rings. The SMILES string of the molecule is CCCNC(=O)c1csc(-c2ccc(C(N)=O)cc2)n1. The molecule has 5 nitrogen and oxygen atoms in total. The van der Waals surface area contributed by atoms with Gasteiger partial charge in [0.2, 0.25) is 5.91 Å². The van der Waals surface area contributed by atoms with Gasteiger partial charge >= 0.3 is 0 Å². The van der Waals surface area contributed by atoms with Gasteiger partial charge in [-0.2, -0.15) is 0 Å². The fraction of sp³-hybridized carbons (Fsp3) is 0.214. The molecule has 20 heavy (non-hydrogen) atoms. The Kier molecular flexibility index (Phi) is 4.47. The summed E-state index contributed by atoms with van der Waals surface area (Å²) in [6.07, 6.45) is 0.886. The molecule has 3 N–H and O–H groups in total. The molecule has 6 heteroatoms. The lowest BCUT2D eigenvalue weighted by molar-refractivity contribution is 0.0948. The number of nitrogens with two attached hydrogens (primary N) is 1. The second-order valence-corrected chi connectivity index (χ2v) is 5.09. The second kappa shape index (κ2) is 6.29. The van der Waals surface area contributed by atoms with Crippen molar-refractivity contribution in [3.63, 3.8) is 0 Å². The van der Waals surface area contributed by atoms with Crippen LogP contribution in [0.2, 0.25) is 0 Å². The van der Waals surface area contributed by atoms with E-state index in [0.29, 0.717) is 17.8 Å². The number of aromatic nitrogens is 1. The lowest BCUT2D eigenvalue weighted by Crippen LogP contribution is -2.24. The highest BCUT2D eigenvalue weighted by molar-refractivity contribution is 7.13. The van der Waals surface area contributed by atoms with Gasteiger partial charge < -0.3 is 11.1 Å². The molecule has 0 atom stereocenters. The molecular formula is C14H15N3O2S. The van der Waals surface area contributed by atoms with Crippen LogP contribution in [0, 0.1) is 0 Å². The average molecular weight is 289 g/mol. The third-order valence-corrected chi connectivity index (χ3v) is 3.58. The third kappa shape index (κ3) is 3.21. The molecule has 1 aromatic heterocycles. The zero-order valence-corrected chi connectivity index (χ0v) is 11.9. The standard InChI is InChI=1S/C14H15N3O2S/c1-2-7-16-13(19)11-8-20-14(17-11)10-5-3-9(4-6-10)12(15)18/h3-6,8H,2,7H2,1H3,(H2,15,18)(H,16,19). The Morgan fingerprint density at radius 2 is 2.00 bits per heavy atom. The summed E-state index contributed by atoms with van der Waals surface area (Å²) in [5.74, 6) is -0.626. The van der Waals surface area contributed by atoms with Crippen molar-refractivity contribution in [3.05, 3.63) is 40.9 Å². The van der Waals surface area contributed by atoms with Crippen LogP contribution in [-0.2, 0) is 0 Å². The highest BCUT2D eigenvalue weighted by Gasteiger charge is 2.11. The van der Waals surface area contributed by atoms with Gasteiger partial charge in [-0.15, -0.1) is 11.3 Å². The third-order valence-electron chi connectivity index (χ3n) is 2.69. The van der Waals surface area contributed by atoms with E-state index in [1.54, 1.807) is 29.6 Å². The van der Waals surface area contributed by atoms with Crippen LogP contribution >= 0.6 is 11.3 Å². The van der Waals surface area contributed by atoms with Gasteiger partial charge in [0.15, 0.2) is 0 Å². The van der Waals surface area contributed by atoms with Crippen LogP contribution in [0.4, 0.5) is 0 Å². The summed E-state index contributed by atoms with van der Waals surface area (Å²) in [5, 5.41) is 5.24. The van der Waals surface area contributed by atoms with Crippen molar-refractivity contribution in [3.8, 4) is 10.6 Å².